The zero-order chi connectivity index (χ0) is 15.1. The number of nitrogens with one attached hydrogen (secondary N) is 1. The number of ether oxygens (including phenoxy) is 1. The number of nitrogens with two attached hydrogens (primary N) is 2. The molecule has 2 aromatic rings. The largest absolute Gasteiger partial charge is 0.394 e. The molecule has 114 valence electrons. The van der Waals surface area contributed by atoms with Crippen molar-refractivity contribution >= 4 is 22.9 Å². The average molecular weight is 297 g/mol. The maximum atomic E-state index is 10.0. The highest BCUT2D eigenvalue weighted by Crippen LogP contribution is 2.32. The van der Waals surface area contributed by atoms with Crippen molar-refractivity contribution in [2.24, 2.45) is 5.84 Å². The highest BCUT2D eigenvalue weighted by atomic mass is 16.6. The Morgan fingerprint density at radius 3 is 2.71 bits per heavy atom. The highest BCUT2D eigenvalue weighted by Gasteiger charge is 2.44. The molecule has 0 amide bonds. The lowest BCUT2D eigenvalue weighted by Crippen LogP contribution is -2.33. The van der Waals surface area contributed by atoms with Gasteiger partial charge in [-0.3, -0.25) is 4.57 Å². The van der Waals surface area contributed by atoms with Crippen LogP contribution in [0.3, 0.4) is 0 Å². The molecule has 11 heteroatoms. The lowest BCUT2D eigenvalue weighted by Gasteiger charge is -2.16. The number of aliphatic hydroxyl groups excluding tert-OH is 3. The van der Waals surface area contributed by atoms with Crippen LogP contribution in [-0.2, 0) is 4.74 Å². The number of nitrogens with zero attached hydrogens (tertiary/aromatic N) is 4. The van der Waals surface area contributed by atoms with Gasteiger partial charge in [-0.2, -0.15) is 9.97 Å². The van der Waals surface area contributed by atoms with Gasteiger partial charge in [0.05, 0.1) is 12.9 Å². The molecule has 8 N–H and O–H groups in total. The van der Waals surface area contributed by atoms with Gasteiger partial charge in [0.15, 0.2) is 23.2 Å². The van der Waals surface area contributed by atoms with Gasteiger partial charge in [-0.25, -0.2) is 10.8 Å². The third-order valence-corrected chi connectivity index (χ3v) is 3.37. The van der Waals surface area contributed by atoms with Gasteiger partial charge in [-0.1, -0.05) is 0 Å². The van der Waals surface area contributed by atoms with Gasteiger partial charge >= 0.3 is 0 Å². The van der Waals surface area contributed by atoms with Gasteiger partial charge in [-0.05, 0) is 0 Å². The van der Waals surface area contributed by atoms with Crippen LogP contribution in [0.15, 0.2) is 6.33 Å². The number of hydrazine groups is 1. The molecule has 0 aliphatic carbocycles. The summed E-state index contributed by atoms with van der Waals surface area (Å²) in [6.45, 7) is -0.423. The number of hydrogen-bond acceptors (Lipinski definition) is 10. The first-order valence-corrected chi connectivity index (χ1v) is 6.16. The van der Waals surface area contributed by atoms with Gasteiger partial charge in [0.2, 0.25) is 5.95 Å². The van der Waals surface area contributed by atoms with Crippen LogP contribution in [0, 0.1) is 0 Å². The third kappa shape index (κ3) is 2.07. The quantitative estimate of drug-likeness (QED) is 0.258. The number of imidazole rings is 1. The molecule has 2 aromatic heterocycles. The van der Waals surface area contributed by atoms with E-state index in [1.807, 2.05) is 0 Å². The van der Waals surface area contributed by atoms with Crippen LogP contribution in [0.2, 0.25) is 0 Å². The number of rotatable bonds is 3. The minimum atomic E-state index is -1.25. The van der Waals surface area contributed by atoms with Crippen LogP contribution in [0.25, 0.3) is 11.2 Å². The predicted molar refractivity (Wildman–Crippen MR) is 70.6 cm³/mol. The standard InChI is InChI=1S/C10H15N7O4/c11-10-14-7(16-12)4-8(15-10)17(2-13-4)9-6(20)5(19)3(1-18)21-9/h2-3,5-6,9,18-20H,1,12H2,(H3,11,14,15,16)/t3-,5-,6-,9+/m1/s1. The average Bonchev–Trinajstić information content (AvgIpc) is 3.01. The summed E-state index contributed by atoms with van der Waals surface area (Å²) in [5, 5.41) is 28.9. The summed E-state index contributed by atoms with van der Waals surface area (Å²) < 4.78 is 6.82. The van der Waals surface area contributed by atoms with Crippen LogP contribution < -0.4 is 17.0 Å². The van der Waals surface area contributed by atoms with Crippen LogP contribution in [0.4, 0.5) is 11.8 Å². The summed E-state index contributed by atoms with van der Waals surface area (Å²) in [7, 11) is 0. The van der Waals surface area contributed by atoms with E-state index in [2.05, 4.69) is 20.4 Å². The van der Waals surface area contributed by atoms with E-state index in [1.165, 1.54) is 10.9 Å². The Hall–Kier alpha value is -2.05. The summed E-state index contributed by atoms with van der Waals surface area (Å²) in [6, 6.07) is 0. The second-order valence-electron chi connectivity index (χ2n) is 4.63. The molecular weight excluding hydrogens is 282 g/mol. The third-order valence-electron chi connectivity index (χ3n) is 3.37. The van der Waals surface area contributed by atoms with Crippen molar-refractivity contribution in [1.82, 2.24) is 19.5 Å². The Labute approximate surface area is 118 Å². The fourth-order valence-corrected chi connectivity index (χ4v) is 2.33. The van der Waals surface area contributed by atoms with Crippen LogP contribution >= 0.6 is 0 Å². The molecule has 3 heterocycles. The molecular formula is C10H15N7O4. The number of nitrogen functional groups attached to an aromatic ring is 2. The van der Waals surface area contributed by atoms with Gasteiger partial charge in [0.25, 0.3) is 0 Å². The van der Waals surface area contributed by atoms with E-state index in [9.17, 15) is 10.2 Å². The minimum absolute atomic E-state index is 0.0380. The number of anilines is 2. The van der Waals surface area contributed by atoms with Gasteiger partial charge in [0.1, 0.15) is 18.3 Å². The van der Waals surface area contributed by atoms with E-state index in [-0.39, 0.29) is 17.4 Å². The molecule has 21 heavy (non-hydrogen) atoms. The molecule has 0 spiro atoms. The molecule has 1 fully saturated rings. The zero-order valence-electron chi connectivity index (χ0n) is 10.8. The summed E-state index contributed by atoms with van der Waals surface area (Å²) in [5.41, 5.74) is 8.57. The summed E-state index contributed by atoms with van der Waals surface area (Å²) in [6.07, 6.45) is -2.95. The topological polar surface area (TPSA) is 178 Å². The van der Waals surface area contributed by atoms with E-state index in [4.69, 9.17) is 21.4 Å². The van der Waals surface area contributed by atoms with Crippen molar-refractivity contribution < 1.29 is 20.1 Å². The SMILES string of the molecule is NNc1nc(N)nc2c1ncn2[C@H]1O[C@H](CO)[C@@H](O)[C@H]1O. The van der Waals surface area contributed by atoms with E-state index >= 15 is 0 Å². The van der Waals surface area contributed by atoms with Gasteiger partial charge in [-0.15, -0.1) is 0 Å². The summed E-state index contributed by atoms with van der Waals surface area (Å²) in [4.78, 5) is 12.0. The first-order chi connectivity index (χ1) is 10.1. The number of aromatic nitrogens is 4. The smallest absolute Gasteiger partial charge is 0.224 e. The molecule has 0 unspecified atom stereocenters. The molecule has 1 saturated heterocycles. The van der Waals surface area contributed by atoms with Crippen molar-refractivity contribution in [3.8, 4) is 0 Å². The van der Waals surface area contributed by atoms with Crippen molar-refractivity contribution in [2.45, 2.75) is 24.5 Å². The number of hydrogen-bond donors (Lipinski definition) is 6. The minimum Gasteiger partial charge on any atom is -0.394 e. The lowest BCUT2D eigenvalue weighted by molar-refractivity contribution is -0.0511. The van der Waals surface area contributed by atoms with Gasteiger partial charge < -0.3 is 31.2 Å². The van der Waals surface area contributed by atoms with Crippen LogP contribution in [-0.4, -0.2) is 59.8 Å². The molecule has 0 aromatic carbocycles. The van der Waals surface area contributed by atoms with Crippen molar-refractivity contribution in [1.29, 1.82) is 0 Å². The Kier molecular flexibility index (Phi) is 3.35. The Balaban J connectivity index is 2.07. The molecule has 4 atom stereocenters. The second-order valence-corrected chi connectivity index (χ2v) is 4.63. The molecule has 3 rings (SSSR count). The lowest BCUT2D eigenvalue weighted by atomic mass is 10.1. The molecule has 0 radical (unpaired) electrons. The van der Waals surface area contributed by atoms with Crippen molar-refractivity contribution in [3.05, 3.63) is 6.33 Å². The highest BCUT2D eigenvalue weighted by molar-refractivity contribution is 5.83. The van der Waals surface area contributed by atoms with Crippen LogP contribution in [0.1, 0.15) is 6.23 Å². The molecule has 1 aliphatic rings. The summed E-state index contributed by atoms with van der Waals surface area (Å²) >= 11 is 0. The first kappa shape index (κ1) is 13.9. The van der Waals surface area contributed by atoms with E-state index in [0.717, 1.165) is 0 Å². The summed E-state index contributed by atoms with van der Waals surface area (Å²) in [5.74, 6) is 5.53. The van der Waals surface area contributed by atoms with E-state index in [0.29, 0.717) is 5.52 Å². The number of fused-ring (bicyclic) bond motifs is 1. The Morgan fingerprint density at radius 1 is 1.33 bits per heavy atom. The Morgan fingerprint density at radius 2 is 2.10 bits per heavy atom. The first-order valence-electron chi connectivity index (χ1n) is 6.16. The van der Waals surface area contributed by atoms with Crippen molar-refractivity contribution in [3.63, 3.8) is 0 Å². The molecule has 0 bridgehead atoms. The van der Waals surface area contributed by atoms with Crippen molar-refractivity contribution in [2.75, 3.05) is 17.8 Å². The predicted octanol–water partition coefficient (Wildman–Crippen LogP) is -2.69. The second kappa shape index (κ2) is 5.05. The monoisotopic (exact) mass is 297 g/mol. The Bertz CT molecular complexity index is 662. The van der Waals surface area contributed by atoms with Crippen LogP contribution in [0.5, 0.6) is 0 Å². The normalized spacial score (nSPS) is 29.1. The fourth-order valence-electron chi connectivity index (χ4n) is 2.33. The van der Waals surface area contributed by atoms with Gasteiger partial charge in [0, 0.05) is 0 Å². The maximum absolute atomic E-state index is 10.0. The van der Waals surface area contributed by atoms with E-state index in [1.54, 1.807) is 0 Å². The zero-order valence-corrected chi connectivity index (χ0v) is 10.8. The number of aliphatic hydroxyl groups is 3. The fraction of sp³-hybridized carbons (Fsp3) is 0.500. The molecule has 1 aliphatic heterocycles. The molecule has 0 saturated carbocycles. The van der Waals surface area contributed by atoms with E-state index < -0.39 is 31.1 Å². The maximum Gasteiger partial charge on any atom is 0.224 e. The molecule has 11 nitrogen and oxygen atoms in total.